The summed E-state index contributed by atoms with van der Waals surface area (Å²) < 4.78 is 162. The molecular weight excluding hydrogens is 1470 g/mol. The standard InChI is InChI=1S/C28H28FN7O2S.C23H22ClFN6O2S.C22H19F3N6O2S/c1-35(2)20-11-12-21-17(14-20)6-5-9-24(21)39(37,38)34-23-13-10-18(15-22(23)29)26-25-27(30)31-16-32-28(25)36(33-26)19-7-3-4-8-19;1-13-5-4-8-16(24)21(13)34(32,33)30-18-10-9-14(11-17(18)25)20-19-22(26)27-12-28-23(19)31(29-20)15-6-2-3-7-15;23-13-6-8-18(16(25)10-13)34(32,33)30-17-7-5-12(9-15(17)24)20-19-21(26)27-11-28-22(19)31(29-20)14-3-1-2-4-14/h5-6,9-16,19,34H,3-4,7-8H2,1-2H3,(H2,30,31,32);4-5,8-12,15,30H,2-3,6-7H2,1H3,(H2,26,27,28);5-11,14,30H,1-4H2,(H2,26,27,28). The highest BCUT2D eigenvalue weighted by Gasteiger charge is 2.31. The van der Waals surface area contributed by atoms with E-state index < -0.39 is 69.7 Å². The zero-order chi connectivity index (χ0) is 75.4. The van der Waals surface area contributed by atoms with Gasteiger partial charge in [-0.1, -0.05) is 98.7 Å². The molecule has 7 aromatic carbocycles. The van der Waals surface area contributed by atoms with Gasteiger partial charge in [-0.05, 0) is 129 Å². The summed E-state index contributed by atoms with van der Waals surface area (Å²) in [7, 11) is -8.86. The summed E-state index contributed by atoms with van der Waals surface area (Å²) in [6.45, 7) is 1.62. The lowest BCUT2D eigenvalue weighted by molar-refractivity contribution is 0.479. The number of hydrogen-bond acceptors (Lipinski definition) is 19. The first-order valence-electron chi connectivity index (χ1n) is 34.1. The zero-order valence-electron chi connectivity index (χ0n) is 57.6. The van der Waals surface area contributed by atoms with Gasteiger partial charge in [-0.25, -0.2) is 91.2 Å². The van der Waals surface area contributed by atoms with Crippen molar-refractivity contribution in [3.63, 3.8) is 0 Å². The number of rotatable bonds is 16. The number of aryl methyl sites for hydroxylation is 1. The molecule has 3 fully saturated rings. The molecule has 0 amide bonds. The highest BCUT2D eigenvalue weighted by Crippen LogP contribution is 2.42. The van der Waals surface area contributed by atoms with Gasteiger partial charge in [0.1, 0.15) is 92.4 Å². The van der Waals surface area contributed by atoms with E-state index in [1.165, 1.54) is 67.5 Å². The lowest BCUT2D eigenvalue weighted by Crippen LogP contribution is -2.15. The lowest BCUT2D eigenvalue weighted by Gasteiger charge is -2.15. The molecule has 0 aliphatic heterocycles. The van der Waals surface area contributed by atoms with E-state index in [4.69, 9.17) is 39.0 Å². The van der Waals surface area contributed by atoms with E-state index in [-0.39, 0.29) is 61.8 Å². The van der Waals surface area contributed by atoms with Crippen molar-refractivity contribution in [1.29, 1.82) is 0 Å². The normalized spacial score (nSPS) is 14.6. The minimum atomic E-state index is -4.50. The van der Waals surface area contributed by atoms with Crippen LogP contribution in [0.15, 0.2) is 161 Å². The molecule has 3 saturated carbocycles. The minimum Gasteiger partial charge on any atom is -0.383 e. The largest absolute Gasteiger partial charge is 0.383 e. The summed E-state index contributed by atoms with van der Waals surface area (Å²) >= 11 is 6.10. The van der Waals surface area contributed by atoms with E-state index in [1.54, 1.807) is 48.0 Å². The van der Waals surface area contributed by atoms with Gasteiger partial charge in [-0.3, -0.25) is 14.2 Å². The minimum absolute atomic E-state index is 0.0592. The topological polar surface area (TPSA) is 351 Å². The second-order valence-corrected chi connectivity index (χ2v) is 31.8. The van der Waals surface area contributed by atoms with Crippen molar-refractivity contribution in [2.24, 2.45) is 0 Å². The van der Waals surface area contributed by atoms with Crippen LogP contribution in [0.5, 0.6) is 0 Å². The van der Waals surface area contributed by atoms with Crippen LogP contribution in [0.4, 0.5) is 62.2 Å². The molecule has 6 heterocycles. The molecule has 0 saturated heterocycles. The monoisotopic (exact) mass is 1530 g/mol. The number of anilines is 7. The second-order valence-electron chi connectivity index (χ2n) is 26.5. The molecule has 0 atom stereocenters. The van der Waals surface area contributed by atoms with Crippen LogP contribution in [-0.4, -0.2) is 98.6 Å². The van der Waals surface area contributed by atoms with E-state index in [9.17, 15) is 38.4 Å². The van der Waals surface area contributed by atoms with Crippen molar-refractivity contribution in [3.05, 3.63) is 186 Å². The molecule has 3 aliphatic rings. The second kappa shape index (κ2) is 29.3. The Balaban J connectivity index is 0.000000135. The average molecular weight is 1540 g/mol. The van der Waals surface area contributed by atoms with Crippen LogP contribution in [0, 0.1) is 36.0 Å². The van der Waals surface area contributed by atoms with E-state index in [2.05, 4.69) is 44.4 Å². The Labute approximate surface area is 615 Å². The fourth-order valence-electron chi connectivity index (χ4n) is 14.0. The van der Waals surface area contributed by atoms with Gasteiger partial charge in [0.15, 0.2) is 16.9 Å². The Kier molecular flexibility index (Phi) is 19.9. The van der Waals surface area contributed by atoms with Crippen LogP contribution >= 0.6 is 11.6 Å². The van der Waals surface area contributed by atoms with E-state index in [0.29, 0.717) is 83.9 Å². The van der Waals surface area contributed by atoms with Gasteiger partial charge < -0.3 is 22.1 Å². The number of nitrogens with two attached hydrogens (primary N) is 3. The Hall–Kier alpha value is -11.2. The molecule has 9 N–H and O–H groups in total. The quantitative estimate of drug-likeness (QED) is 0.0489. The maximum absolute atomic E-state index is 15.4. The smallest absolute Gasteiger partial charge is 0.264 e. The Morgan fingerprint density at radius 3 is 1.24 bits per heavy atom. The highest BCUT2D eigenvalue weighted by atomic mass is 35.5. The molecule has 0 radical (unpaired) electrons. The molecule has 0 bridgehead atoms. The average Bonchev–Trinajstić information content (AvgIpc) is 1.66. The molecule has 0 spiro atoms. The zero-order valence-corrected chi connectivity index (χ0v) is 60.8. The molecule has 107 heavy (non-hydrogen) atoms. The highest BCUT2D eigenvalue weighted by molar-refractivity contribution is 7.93. The first kappa shape index (κ1) is 72.8. The number of nitrogen functional groups attached to an aromatic ring is 3. The van der Waals surface area contributed by atoms with Crippen LogP contribution in [0.2, 0.25) is 5.02 Å². The third-order valence-corrected chi connectivity index (χ3v) is 24.1. The van der Waals surface area contributed by atoms with Crippen LogP contribution in [0.3, 0.4) is 0 Å². The number of nitrogens with one attached hydrogen (secondary N) is 3. The summed E-state index contributed by atoms with van der Waals surface area (Å²) in [5.74, 6) is -3.91. The molecule has 0 unspecified atom stereocenters. The predicted octanol–water partition coefficient (Wildman–Crippen LogP) is 14.9. The Bertz CT molecular complexity index is 5990. The van der Waals surface area contributed by atoms with Crippen molar-refractivity contribution in [2.45, 2.75) is 117 Å². The Morgan fingerprint density at radius 2 is 0.850 bits per heavy atom. The number of halogens is 6. The molecule has 3 aliphatic carbocycles. The first-order chi connectivity index (χ1) is 51.2. The van der Waals surface area contributed by atoms with Crippen LogP contribution in [0.1, 0.15) is 101 Å². The fraction of sp³-hybridized carbons (Fsp3) is 0.247. The molecule has 6 aromatic heterocycles. The van der Waals surface area contributed by atoms with Gasteiger partial charge in [-0.2, -0.15) is 15.3 Å². The summed E-state index contributed by atoms with van der Waals surface area (Å²) in [4.78, 5) is 26.5. The summed E-state index contributed by atoms with van der Waals surface area (Å²) in [6.07, 6.45) is 16.5. The lowest BCUT2D eigenvalue weighted by atomic mass is 10.1. The molecule has 552 valence electrons. The summed E-state index contributed by atoms with van der Waals surface area (Å²) in [5, 5.41) is 17.1. The number of benzene rings is 7. The number of hydrogen-bond donors (Lipinski definition) is 6. The third kappa shape index (κ3) is 14.5. The van der Waals surface area contributed by atoms with E-state index in [1.807, 2.05) is 51.3 Å². The number of nitrogens with zero attached hydrogens (tertiary/aromatic N) is 13. The molecular formula is C73H69ClF5N19O6S3. The third-order valence-electron chi connectivity index (χ3n) is 19.3. The Morgan fingerprint density at radius 1 is 0.449 bits per heavy atom. The van der Waals surface area contributed by atoms with Crippen molar-refractivity contribution in [3.8, 4) is 33.8 Å². The van der Waals surface area contributed by atoms with E-state index in [0.717, 1.165) is 106 Å². The van der Waals surface area contributed by atoms with Gasteiger partial charge in [0, 0.05) is 47.9 Å². The molecule has 16 rings (SSSR count). The summed E-state index contributed by atoms with van der Waals surface area (Å²) in [5.41, 5.74) is 23.4. The SMILES string of the molecule is CN(C)c1ccc2c(S(=O)(=O)Nc3ccc(-c4nn(C5CCCC5)c5ncnc(N)c45)cc3F)cccc2c1.Cc1cccc(Cl)c1S(=O)(=O)Nc1ccc(-c2nn(C3CCCC3)c3ncnc(N)c23)cc1F.Nc1ncnc2c1c(-c1ccc(NS(=O)(=O)c3ccc(F)cc3F)c(F)c1)nn2C1CCCC1. The van der Waals surface area contributed by atoms with Gasteiger partial charge in [0.2, 0.25) is 0 Å². The van der Waals surface area contributed by atoms with Gasteiger partial charge >= 0.3 is 0 Å². The maximum atomic E-state index is 15.4. The van der Waals surface area contributed by atoms with Crippen LogP contribution in [0.25, 0.3) is 77.6 Å². The van der Waals surface area contributed by atoms with Crippen molar-refractivity contribution >= 4 is 126 Å². The van der Waals surface area contributed by atoms with Gasteiger partial charge in [0.25, 0.3) is 30.1 Å². The van der Waals surface area contributed by atoms with Crippen molar-refractivity contribution < 1.29 is 47.2 Å². The molecule has 13 aromatic rings. The summed E-state index contributed by atoms with van der Waals surface area (Å²) in [6, 6.07) is 30.1. The van der Waals surface area contributed by atoms with Crippen molar-refractivity contribution in [2.75, 3.05) is 50.4 Å². The maximum Gasteiger partial charge on any atom is 0.264 e. The van der Waals surface area contributed by atoms with Crippen LogP contribution < -0.4 is 36.3 Å². The van der Waals surface area contributed by atoms with E-state index >= 15 is 8.78 Å². The number of fused-ring (bicyclic) bond motifs is 4. The molecule has 25 nitrogen and oxygen atoms in total. The molecule has 34 heteroatoms. The fourth-order valence-corrected chi connectivity index (χ4v) is 18.4. The van der Waals surface area contributed by atoms with Gasteiger partial charge in [-0.15, -0.1) is 0 Å². The first-order valence-corrected chi connectivity index (χ1v) is 38.9. The predicted molar refractivity (Wildman–Crippen MR) is 401 cm³/mol. The number of aromatic nitrogens is 12. The van der Waals surface area contributed by atoms with Crippen molar-refractivity contribution in [1.82, 2.24) is 59.2 Å². The van der Waals surface area contributed by atoms with Gasteiger partial charge in [0.05, 0.1) is 61.3 Å². The van der Waals surface area contributed by atoms with Crippen LogP contribution in [-0.2, 0) is 30.1 Å². The number of sulfonamides is 3.